The maximum absolute atomic E-state index is 15.3. The van der Waals surface area contributed by atoms with Gasteiger partial charge in [-0.1, -0.05) is 90.0 Å². The molecule has 9 heteroatoms. The number of phenolic OH excluding ortho intramolecular Hbond substituents is 1. The van der Waals surface area contributed by atoms with Crippen molar-refractivity contribution in [3.8, 4) is 11.5 Å². The van der Waals surface area contributed by atoms with Crippen molar-refractivity contribution in [2.45, 2.75) is 30.7 Å². The summed E-state index contributed by atoms with van der Waals surface area (Å²) < 4.78 is 5.60. The molecule has 1 saturated carbocycles. The van der Waals surface area contributed by atoms with Gasteiger partial charge in [0.15, 0.2) is 0 Å². The first-order chi connectivity index (χ1) is 23.7. The van der Waals surface area contributed by atoms with Crippen LogP contribution >= 0.6 is 11.6 Å². The Bertz CT molecular complexity index is 2050. The molecule has 246 valence electrons. The van der Waals surface area contributed by atoms with Crippen LogP contribution in [0.2, 0.25) is 5.02 Å². The summed E-state index contributed by atoms with van der Waals surface area (Å²) in [6, 6.07) is 30.1. The van der Waals surface area contributed by atoms with Crippen LogP contribution in [0.5, 0.6) is 11.5 Å². The Labute approximate surface area is 288 Å². The normalized spacial score (nSPS) is 27.5. The molecule has 0 bridgehead atoms. The molecular weight excluding hydrogens is 640 g/mol. The topological polar surface area (TPSA) is 104 Å². The number of carbonyl (C=O) groups is 4. The van der Waals surface area contributed by atoms with E-state index in [1.807, 2.05) is 66.7 Å². The van der Waals surface area contributed by atoms with Gasteiger partial charge in [-0.05, 0) is 66.3 Å². The Kier molecular flexibility index (Phi) is 7.45. The fourth-order valence-electron chi connectivity index (χ4n) is 8.97. The summed E-state index contributed by atoms with van der Waals surface area (Å²) >= 11 is 6.38. The number of likely N-dealkylation sites (tertiary alicyclic amines) is 1. The second-order valence-electron chi connectivity index (χ2n) is 13.3. The Morgan fingerprint density at radius 3 is 2.29 bits per heavy atom. The van der Waals surface area contributed by atoms with E-state index in [1.165, 1.54) is 23.0 Å². The first kappa shape index (κ1) is 31.1. The van der Waals surface area contributed by atoms with Gasteiger partial charge >= 0.3 is 0 Å². The SMILES string of the molecule is COc1ccc(O)c([C@H]2C3=CC[C@@H]4C(=O)N(Cc5ccccc5)C(=O)[C@@H]4[C@@H]3C[C@H]3C(=O)N(c4cccc(Cl)c4)C(=O)[C@@]23c2ccccc2)c1. The van der Waals surface area contributed by atoms with Crippen molar-refractivity contribution in [2.75, 3.05) is 12.0 Å². The van der Waals surface area contributed by atoms with Gasteiger partial charge in [0.05, 0.1) is 42.5 Å². The minimum Gasteiger partial charge on any atom is -0.508 e. The largest absolute Gasteiger partial charge is 0.508 e. The molecular formula is C40H33ClN2O6. The Hall–Kier alpha value is -5.21. The second-order valence-corrected chi connectivity index (χ2v) is 13.7. The molecule has 4 aromatic rings. The third-order valence-corrected chi connectivity index (χ3v) is 11.2. The maximum atomic E-state index is 15.3. The molecule has 3 fully saturated rings. The number of imide groups is 2. The first-order valence-corrected chi connectivity index (χ1v) is 16.8. The minimum atomic E-state index is -1.49. The van der Waals surface area contributed by atoms with Gasteiger partial charge in [0.2, 0.25) is 23.6 Å². The molecule has 8 rings (SSSR count). The van der Waals surface area contributed by atoms with Crippen LogP contribution < -0.4 is 9.64 Å². The van der Waals surface area contributed by atoms with Crippen LogP contribution in [-0.4, -0.2) is 40.7 Å². The second kappa shape index (κ2) is 11.7. The number of nitrogens with zero attached hydrogens (tertiary/aromatic N) is 2. The number of anilines is 1. The lowest BCUT2D eigenvalue weighted by Crippen LogP contribution is -2.53. The van der Waals surface area contributed by atoms with E-state index in [9.17, 15) is 19.5 Å². The summed E-state index contributed by atoms with van der Waals surface area (Å²) in [4.78, 5) is 61.0. The molecule has 4 aliphatic rings. The van der Waals surface area contributed by atoms with Crippen LogP contribution in [-0.2, 0) is 31.1 Å². The fraction of sp³-hybridized carbons (Fsp3) is 0.250. The van der Waals surface area contributed by atoms with Crippen molar-refractivity contribution >= 4 is 40.9 Å². The van der Waals surface area contributed by atoms with Crippen molar-refractivity contribution in [2.24, 2.45) is 23.7 Å². The molecule has 0 unspecified atom stereocenters. The summed E-state index contributed by atoms with van der Waals surface area (Å²) in [7, 11) is 1.52. The molecule has 1 N–H and O–H groups in total. The maximum Gasteiger partial charge on any atom is 0.246 e. The number of benzene rings is 4. The van der Waals surface area contributed by atoms with E-state index in [0.29, 0.717) is 34.0 Å². The van der Waals surface area contributed by atoms with Gasteiger partial charge in [0.1, 0.15) is 11.5 Å². The molecule has 49 heavy (non-hydrogen) atoms. The van der Waals surface area contributed by atoms with Crippen molar-refractivity contribution in [3.63, 3.8) is 0 Å². The molecule has 4 amide bonds. The number of halogens is 1. The molecule has 2 aliphatic heterocycles. The van der Waals surface area contributed by atoms with Crippen LogP contribution in [0.4, 0.5) is 5.69 Å². The van der Waals surface area contributed by atoms with Gasteiger partial charge in [-0.3, -0.25) is 24.1 Å². The third-order valence-electron chi connectivity index (χ3n) is 11.0. The van der Waals surface area contributed by atoms with Gasteiger partial charge in [0, 0.05) is 16.5 Å². The third kappa shape index (κ3) is 4.57. The molecule has 6 atom stereocenters. The minimum absolute atomic E-state index is 0.0653. The highest BCUT2D eigenvalue weighted by molar-refractivity contribution is 6.32. The number of fused-ring (bicyclic) bond motifs is 4. The van der Waals surface area contributed by atoms with Crippen molar-refractivity contribution in [1.29, 1.82) is 0 Å². The highest BCUT2D eigenvalue weighted by atomic mass is 35.5. The number of aromatic hydroxyl groups is 1. The Morgan fingerprint density at radius 1 is 0.837 bits per heavy atom. The van der Waals surface area contributed by atoms with Gasteiger partial charge in [-0.2, -0.15) is 0 Å². The van der Waals surface area contributed by atoms with Crippen molar-refractivity contribution in [1.82, 2.24) is 4.90 Å². The van der Waals surface area contributed by atoms with Crippen LogP contribution in [0.25, 0.3) is 0 Å². The molecule has 4 aromatic carbocycles. The highest BCUT2D eigenvalue weighted by Gasteiger charge is 2.70. The van der Waals surface area contributed by atoms with E-state index in [4.69, 9.17) is 16.3 Å². The van der Waals surface area contributed by atoms with Crippen LogP contribution in [0, 0.1) is 23.7 Å². The average molecular weight is 673 g/mol. The number of hydrogen-bond donors (Lipinski definition) is 1. The quantitative estimate of drug-likeness (QED) is 0.187. The van der Waals surface area contributed by atoms with E-state index < -0.39 is 46.8 Å². The molecule has 8 nitrogen and oxygen atoms in total. The zero-order valence-corrected chi connectivity index (χ0v) is 27.4. The van der Waals surface area contributed by atoms with Gasteiger partial charge < -0.3 is 9.84 Å². The van der Waals surface area contributed by atoms with Crippen LogP contribution in [0.3, 0.4) is 0 Å². The summed E-state index contributed by atoms with van der Waals surface area (Å²) in [5.74, 6) is -4.60. The number of carbonyl (C=O) groups excluding carboxylic acids is 4. The summed E-state index contributed by atoms with van der Waals surface area (Å²) in [6.45, 7) is 0.158. The average Bonchev–Trinajstić information content (AvgIpc) is 3.50. The number of allylic oxidation sites excluding steroid dienone is 2. The van der Waals surface area contributed by atoms with E-state index in [0.717, 1.165) is 11.1 Å². The molecule has 2 saturated heterocycles. The first-order valence-electron chi connectivity index (χ1n) is 16.4. The lowest BCUT2D eigenvalue weighted by atomic mass is 9.49. The number of ether oxygens (including phenoxy) is 1. The zero-order valence-electron chi connectivity index (χ0n) is 26.7. The van der Waals surface area contributed by atoms with Gasteiger partial charge in [-0.15, -0.1) is 0 Å². The number of rotatable bonds is 6. The molecule has 0 aromatic heterocycles. The van der Waals surface area contributed by atoms with Gasteiger partial charge in [0.25, 0.3) is 0 Å². The monoisotopic (exact) mass is 672 g/mol. The van der Waals surface area contributed by atoms with Gasteiger partial charge in [-0.25, -0.2) is 4.90 Å². The van der Waals surface area contributed by atoms with Crippen LogP contribution in [0.15, 0.2) is 115 Å². The van der Waals surface area contributed by atoms with Crippen molar-refractivity contribution < 1.29 is 29.0 Å². The Morgan fingerprint density at radius 2 is 1.57 bits per heavy atom. The number of methoxy groups -OCH3 is 1. The smallest absolute Gasteiger partial charge is 0.246 e. The summed E-state index contributed by atoms with van der Waals surface area (Å²) in [5, 5.41) is 11.9. The van der Waals surface area contributed by atoms with Crippen LogP contribution in [0.1, 0.15) is 35.4 Å². The fourth-order valence-corrected chi connectivity index (χ4v) is 9.15. The standard InChI is InChI=1S/C40H33ClN2O6/c1-49-27-15-18-33(44)31(20-27)35-28-16-17-29-34(38(47)42(36(29)45)22-23-9-4-2-5-10-23)30(28)21-32-37(46)43(26-14-8-13-25(41)19-26)39(48)40(32,35)24-11-6-3-7-12-24/h2-16,18-20,29-30,32,34-35,44H,17,21-22H2,1H3/t29-,30+,32-,34-,35+,40+/m0/s1. The Balaban J connectivity index is 1.34. The summed E-state index contributed by atoms with van der Waals surface area (Å²) in [5.41, 5.74) is 1.50. The lowest BCUT2D eigenvalue weighted by molar-refractivity contribution is -0.141. The van der Waals surface area contributed by atoms with E-state index >= 15 is 4.79 Å². The van der Waals surface area contributed by atoms with E-state index in [2.05, 4.69) is 0 Å². The number of phenols is 1. The molecule has 2 aliphatic carbocycles. The van der Waals surface area contributed by atoms with E-state index in [1.54, 1.807) is 36.4 Å². The number of amides is 4. The molecule has 2 heterocycles. The zero-order chi connectivity index (χ0) is 34.0. The highest BCUT2D eigenvalue weighted by Crippen LogP contribution is 2.65. The van der Waals surface area contributed by atoms with E-state index in [-0.39, 0.29) is 30.5 Å². The summed E-state index contributed by atoms with van der Waals surface area (Å²) in [6.07, 6.45) is 2.44. The predicted molar refractivity (Wildman–Crippen MR) is 183 cm³/mol. The predicted octanol–water partition coefficient (Wildman–Crippen LogP) is 6.42. The van der Waals surface area contributed by atoms with Crippen molar-refractivity contribution in [3.05, 3.63) is 136 Å². The molecule has 0 radical (unpaired) electrons. The lowest BCUT2D eigenvalue weighted by Gasteiger charge is -2.50. The molecule has 0 spiro atoms. The number of hydrogen-bond acceptors (Lipinski definition) is 6.